The molecule has 2 rings (SSSR count). The van der Waals surface area contributed by atoms with Crippen molar-refractivity contribution in [3.8, 4) is 0 Å². The molecule has 0 aromatic heterocycles. The van der Waals surface area contributed by atoms with Gasteiger partial charge in [-0.15, -0.1) is 0 Å². The average Bonchev–Trinajstić information content (AvgIpc) is 2.93. The Balaban J connectivity index is 2.08. The second-order valence-electron chi connectivity index (χ2n) is 10.9. The molecule has 6 N–H and O–H groups in total. The zero-order valence-corrected chi connectivity index (χ0v) is 24.7. The van der Waals surface area contributed by atoms with Crippen LogP contribution >= 0.6 is 0 Å². The Kier molecular flexibility index (Phi) is 12.4. The SMILES string of the molecule is CCC(C)C(NC(=O)C(CC(C)C)NC(=O)O)C(=O)C(=O)N(C)CC(=O)NC(Cc1ccc2ccccc2c1)C(N)=O. The summed E-state index contributed by atoms with van der Waals surface area (Å²) in [6.45, 7) is 6.54. The maximum absolute atomic E-state index is 13.2. The van der Waals surface area contributed by atoms with E-state index in [9.17, 15) is 28.8 Å². The molecular weight excluding hydrogens is 542 g/mol. The number of benzene rings is 2. The van der Waals surface area contributed by atoms with Gasteiger partial charge in [0.15, 0.2) is 0 Å². The van der Waals surface area contributed by atoms with Gasteiger partial charge in [0.05, 0.1) is 12.6 Å². The highest BCUT2D eigenvalue weighted by molar-refractivity contribution is 6.38. The van der Waals surface area contributed by atoms with Crippen LogP contribution in [0.25, 0.3) is 10.8 Å². The molecule has 0 radical (unpaired) electrons. The number of hydrogen-bond donors (Lipinski definition) is 5. The summed E-state index contributed by atoms with van der Waals surface area (Å²) in [6.07, 6.45) is -0.635. The van der Waals surface area contributed by atoms with Crippen LogP contribution in [0.3, 0.4) is 0 Å². The van der Waals surface area contributed by atoms with Crippen molar-refractivity contribution in [3.63, 3.8) is 0 Å². The Hall–Kier alpha value is -4.48. The van der Waals surface area contributed by atoms with Crippen molar-refractivity contribution in [1.82, 2.24) is 20.9 Å². The summed E-state index contributed by atoms with van der Waals surface area (Å²) in [5.74, 6) is -4.64. The molecule has 4 unspecified atom stereocenters. The van der Waals surface area contributed by atoms with E-state index in [2.05, 4.69) is 16.0 Å². The maximum atomic E-state index is 13.2. The van der Waals surface area contributed by atoms with Crippen molar-refractivity contribution in [3.05, 3.63) is 48.0 Å². The number of fused-ring (bicyclic) bond motifs is 1. The molecule has 228 valence electrons. The summed E-state index contributed by atoms with van der Waals surface area (Å²) >= 11 is 0. The van der Waals surface area contributed by atoms with Gasteiger partial charge in [-0.25, -0.2) is 4.79 Å². The number of Topliss-reactive ketones (excluding diaryl/α,β-unsaturated/α-hetero) is 1. The highest BCUT2D eigenvalue weighted by Gasteiger charge is 2.35. The number of primary amides is 1. The van der Waals surface area contributed by atoms with Crippen LogP contribution in [0.2, 0.25) is 0 Å². The Labute approximate surface area is 245 Å². The number of hydrogen-bond acceptors (Lipinski definition) is 6. The normalized spacial score (nSPS) is 13.9. The Morgan fingerprint density at radius 2 is 1.55 bits per heavy atom. The predicted molar refractivity (Wildman–Crippen MR) is 157 cm³/mol. The summed E-state index contributed by atoms with van der Waals surface area (Å²) in [6, 6.07) is 9.91. The second-order valence-corrected chi connectivity index (χ2v) is 10.9. The Bertz CT molecular complexity index is 1310. The van der Waals surface area contributed by atoms with Crippen LogP contribution in [0.1, 0.15) is 46.1 Å². The van der Waals surface area contributed by atoms with Crippen LogP contribution in [0.4, 0.5) is 4.79 Å². The van der Waals surface area contributed by atoms with Gasteiger partial charge in [-0.1, -0.05) is 76.6 Å². The van der Waals surface area contributed by atoms with Crippen LogP contribution < -0.4 is 21.7 Å². The van der Waals surface area contributed by atoms with Crippen molar-refractivity contribution in [2.45, 2.75) is 65.1 Å². The van der Waals surface area contributed by atoms with Gasteiger partial charge in [0, 0.05) is 13.5 Å². The molecule has 5 amide bonds. The van der Waals surface area contributed by atoms with Crippen molar-refractivity contribution in [2.24, 2.45) is 17.6 Å². The minimum Gasteiger partial charge on any atom is -0.465 e. The molecule has 0 saturated heterocycles. The minimum atomic E-state index is -1.39. The molecular formula is C30H41N5O7. The number of amides is 5. The number of carboxylic acid groups (broad SMARTS) is 1. The number of carbonyl (C=O) groups excluding carboxylic acids is 5. The molecule has 0 bridgehead atoms. The van der Waals surface area contributed by atoms with Gasteiger partial charge in [0.2, 0.25) is 23.5 Å². The third-order valence-corrected chi connectivity index (χ3v) is 6.99. The summed E-state index contributed by atoms with van der Waals surface area (Å²) in [5.41, 5.74) is 6.31. The summed E-state index contributed by atoms with van der Waals surface area (Å²) in [5, 5.41) is 18.3. The third-order valence-electron chi connectivity index (χ3n) is 6.99. The van der Waals surface area contributed by atoms with E-state index in [4.69, 9.17) is 10.8 Å². The lowest BCUT2D eigenvalue weighted by Gasteiger charge is -2.27. The lowest BCUT2D eigenvalue weighted by molar-refractivity contribution is -0.147. The van der Waals surface area contributed by atoms with Gasteiger partial charge in [-0.05, 0) is 34.6 Å². The lowest BCUT2D eigenvalue weighted by Crippen LogP contribution is -2.56. The lowest BCUT2D eigenvalue weighted by atomic mass is 9.93. The van der Waals surface area contributed by atoms with Crippen molar-refractivity contribution in [1.29, 1.82) is 0 Å². The molecule has 0 aliphatic rings. The summed E-state index contributed by atoms with van der Waals surface area (Å²) in [4.78, 5) is 76.1. The largest absolute Gasteiger partial charge is 0.465 e. The summed E-state index contributed by atoms with van der Waals surface area (Å²) < 4.78 is 0. The second kappa shape index (κ2) is 15.5. The molecule has 0 saturated carbocycles. The number of carbonyl (C=O) groups is 6. The first-order valence-corrected chi connectivity index (χ1v) is 13.9. The van der Waals surface area contributed by atoms with Gasteiger partial charge in [-0.3, -0.25) is 24.0 Å². The van der Waals surface area contributed by atoms with E-state index in [1.54, 1.807) is 13.8 Å². The smallest absolute Gasteiger partial charge is 0.405 e. The Morgan fingerprint density at radius 3 is 2.12 bits per heavy atom. The number of ketones is 1. The van der Waals surface area contributed by atoms with E-state index in [1.807, 2.05) is 56.3 Å². The summed E-state index contributed by atoms with van der Waals surface area (Å²) in [7, 11) is 1.26. The fraction of sp³-hybridized carbons (Fsp3) is 0.467. The molecule has 4 atom stereocenters. The van der Waals surface area contributed by atoms with Crippen molar-refractivity contribution >= 4 is 46.3 Å². The van der Waals surface area contributed by atoms with E-state index in [1.165, 1.54) is 7.05 Å². The van der Waals surface area contributed by atoms with E-state index in [0.717, 1.165) is 21.2 Å². The van der Waals surface area contributed by atoms with Crippen LogP contribution in [0.5, 0.6) is 0 Å². The van der Waals surface area contributed by atoms with Crippen molar-refractivity contribution < 1.29 is 33.9 Å². The zero-order chi connectivity index (χ0) is 31.6. The van der Waals surface area contributed by atoms with E-state index in [0.29, 0.717) is 6.42 Å². The van der Waals surface area contributed by atoms with Crippen LogP contribution in [-0.4, -0.2) is 77.2 Å². The third kappa shape index (κ3) is 9.86. The van der Waals surface area contributed by atoms with E-state index < -0.39 is 66.1 Å². The van der Waals surface area contributed by atoms with Gasteiger partial charge < -0.3 is 31.7 Å². The molecule has 42 heavy (non-hydrogen) atoms. The standard InChI is InChI=1S/C30H41N5O7/c1-6-18(4)25(34-28(39)23(13-17(2)3)33-30(41)42)26(37)29(40)35(5)16-24(36)32-22(27(31)38)15-19-11-12-20-9-7-8-10-21(20)14-19/h7-12,14,17-18,22-23,25,33H,6,13,15-16H2,1-5H3,(H2,31,38)(H,32,36)(H,34,39)(H,41,42). The van der Waals surface area contributed by atoms with Gasteiger partial charge in [-0.2, -0.15) is 0 Å². The highest BCUT2D eigenvalue weighted by atomic mass is 16.4. The maximum Gasteiger partial charge on any atom is 0.405 e. The molecule has 0 spiro atoms. The first kappa shape index (κ1) is 33.7. The fourth-order valence-corrected chi connectivity index (χ4v) is 4.48. The number of nitrogens with two attached hydrogens (primary N) is 1. The molecule has 0 heterocycles. The molecule has 12 nitrogen and oxygen atoms in total. The highest BCUT2D eigenvalue weighted by Crippen LogP contribution is 2.17. The average molecular weight is 584 g/mol. The van der Waals surface area contributed by atoms with Crippen LogP contribution in [0.15, 0.2) is 42.5 Å². The van der Waals surface area contributed by atoms with E-state index >= 15 is 0 Å². The van der Waals surface area contributed by atoms with Gasteiger partial charge in [0.25, 0.3) is 5.91 Å². The molecule has 0 fully saturated rings. The quantitative estimate of drug-likeness (QED) is 0.197. The van der Waals surface area contributed by atoms with Crippen LogP contribution in [-0.2, 0) is 30.4 Å². The van der Waals surface area contributed by atoms with Gasteiger partial charge in [0.1, 0.15) is 12.1 Å². The van der Waals surface area contributed by atoms with E-state index in [-0.39, 0.29) is 18.8 Å². The topological polar surface area (TPSA) is 188 Å². The fourth-order valence-electron chi connectivity index (χ4n) is 4.48. The minimum absolute atomic E-state index is 0.0258. The molecule has 12 heteroatoms. The number of rotatable bonds is 15. The predicted octanol–water partition coefficient (Wildman–Crippen LogP) is 1.59. The molecule has 2 aromatic carbocycles. The first-order valence-electron chi connectivity index (χ1n) is 13.9. The first-order chi connectivity index (χ1) is 19.7. The number of likely N-dealkylation sites (N-methyl/N-ethyl adjacent to an activating group) is 1. The zero-order valence-electron chi connectivity index (χ0n) is 24.7. The molecule has 0 aliphatic carbocycles. The number of nitrogens with zero attached hydrogens (tertiary/aromatic N) is 1. The van der Waals surface area contributed by atoms with Gasteiger partial charge >= 0.3 is 6.09 Å². The molecule has 0 aliphatic heterocycles. The molecule has 2 aromatic rings. The van der Waals surface area contributed by atoms with Crippen LogP contribution in [0, 0.1) is 11.8 Å². The number of nitrogens with one attached hydrogen (secondary N) is 3. The monoisotopic (exact) mass is 583 g/mol. The van der Waals surface area contributed by atoms with Crippen molar-refractivity contribution in [2.75, 3.05) is 13.6 Å². The Morgan fingerprint density at radius 1 is 0.905 bits per heavy atom.